The highest BCUT2D eigenvalue weighted by molar-refractivity contribution is 5.74. The van der Waals surface area contributed by atoms with Crippen molar-refractivity contribution in [3.63, 3.8) is 0 Å². The van der Waals surface area contributed by atoms with Gasteiger partial charge in [0, 0.05) is 11.1 Å². The molecule has 3 aromatic heterocycles. The number of nitrogens with two attached hydrogens (primary N) is 1. The summed E-state index contributed by atoms with van der Waals surface area (Å²) in [6.45, 7) is 7.69. The zero-order valence-electron chi connectivity index (χ0n) is 18.5. The van der Waals surface area contributed by atoms with E-state index in [4.69, 9.17) is 5.73 Å². The van der Waals surface area contributed by atoms with E-state index in [2.05, 4.69) is 20.3 Å². The Labute approximate surface area is 185 Å². The van der Waals surface area contributed by atoms with E-state index in [-0.39, 0.29) is 11.4 Å². The van der Waals surface area contributed by atoms with Crippen molar-refractivity contribution in [2.24, 2.45) is 0 Å². The molecule has 4 rings (SSSR count). The van der Waals surface area contributed by atoms with Gasteiger partial charge in [-0.15, -0.1) is 5.10 Å². The minimum absolute atomic E-state index is 0.187. The third-order valence-electron chi connectivity index (χ3n) is 5.44. The summed E-state index contributed by atoms with van der Waals surface area (Å²) in [5.74, 6) is -0.819. The Morgan fingerprint density at radius 1 is 1.03 bits per heavy atom. The number of benzene rings is 1. The summed E-state index contributed by atoms with van der Waals surface area (Å²) in [5, 5.41) is 18.5. The minimum atomic E-state index is -1.05. The molecule has 0 amide bonds. The topological polar surface area (TPSA) is 103 Å². The van der Waals surface area contributed by atoms with Gasteiger partial charge in [-0.2, -0.15) is 0 Å². The Morgan fingerprint density at radius 2 is 1.78 bits per heavy atom. The number of anilines is 1. The van der Waals surface area contributed by atoms with Gasteiger partial charge in [-0.25, -0.2) is 14.1 Å². The second kappa shape index (κ2) is 8.12. The van der Waals surface area contributed by atoms with Crippen molar-refractivity contribution in [1.82, 2.24) is 25.0 Å². The molecule has 3 N–H and O–H groups in total. The molecule has 0 aliphatic heterocycles. The van der Waals surface area contributed by atoms with E-state index in [9.17, 15) is 9.50 Å². The quantitative estimate of drug-likeness (QED) is 0.494. The molecule has 0 bridgehead atoms. The molecule has 0 radical (unpaired) electrons. The molecule has 0 saturated carbocycles. The fraction of sp³-hybridized carbons (Fsp3) is 0.250. The predicted molar refractivity (Wildman–Crippen MR) is 121 cm³/mol. The Bertz CT molecular complexity index is 1290. The fourth-order valence-corrected chi connectivity index (χ4v) is 3.48. The predicted octanol–water partition coefficient (Wildman–Crippen LogP) is 4.02. The van der Waals surface area contributed by atoms with E-state index in [0.29, 0.717) is 29.3 Å². The van der Waals surface area contributed by atoms with Crippen molar-refractivity contribution in [3.05, 3.63) is 77.0 Å². The molecule has 1 aromatic carbocycles. The first-order valence-electron chi connectivity index (χ1n) is 10.3. The second-order valence-corrected chi connectivity index (χ2v) is 8.38. The third kappa shape index (κ3) is 4.22. The number of aromatic nitrogens is 5. The Hall–Kier alpha value is -3.65. The lowest BCUT2D eigenvalue weighted by Crippen LogP contribution is -2.18. The summed E-state index contributed by atoms with van der Waals surface area (Å²) in [5.41, 5.74) is 10.3. The van der Waals surface area contributed by atoms with Crippen LogP contribution in [0.4, 0.5) is 10.2 Å². The van der Waals surface area contributed by atoms with Crippen molar-refractivity contribution in [3.8, 4) is 22.5 Å². The number of rotatable bonds is 5. The first-order chi connectivity index (χ1) is 15.1. The molecule has 0 fully saturated rings. The van der Waals surface area contributed by atoms with Crippen molar-refractivity contribution < 1.29 is 9.50 Å². The van der Waals surface area contributed by atoms with Gasteiger partial charge in [-0.05, 0) is 57.0 Å². The molecule has 0 saturated heterocycles. The lowest BCUT2D eigenvalue weighted by Gasteiger charge is -2.17. The monoisotopic (exact) mass is 432 g/mol. The Kier molecular flexibility index (Phi) is 5.48. The summed E-state index contributed by atoms with van der Waals surface area (Å²) < 4.78 is 16.4. The summed E-state index contributed by atoms with van der Waals surface area (Å²) in [7, 11) is 0. The van der Waals surface area contributed by atoms with Crippen molar-refractivity contribution in [1.29, 1.82) is 0 Å². The first kappa shape index (κ1) is 21.6. The average molecular weight is 433 g/mol. The molecule has 8 heteroatoms. The molecule has 4 aromatic rings. The van der Waals surface area contributed by atoms with Gasteiger partial charge in [-0.3, -0.25) is 4.98 Å². The summed E-state index contributed by atoms with van der Waals surface area (Å²) in [6, 6.07) is 13.0. The number of halogens is 1. The molecule has 7 nitrogen and oxygen atoms in total. The van der Waals surface area contributed by atoms with Gasteiger partial charge >= 0.3 is 0 Å². The maximum atomic E-state index is 14.9. The van der Waals surface area contributed by atoms with Crippen LogP contribution in [0, 0.1) is 19.7 Å². The summed E-state index contributed by atoms with van der Waals surface area (Å²) in [4.78, 5) is 8.73. The second-order valence-electron chi connectivity index (χ2n) is 8.38. The number of nitrogens with zero attached hydrogens (tertiary/aromatic N) is 5. The zero-order chi connectivity index (χ0) is 23.0. The highest BCUT2D eigenvalue weighted by Crippen LogP contribution is 2.31. The van der Waals surface area contributed by atoms with Gasteiger partial charge in [0.25, 0.3) is 0 Å². The van der Waals surface area contributed by atoms with Gasteiger partial charge in [0.2, 0.25) is 0 Å². The van der Waals surface area contributed by atoms with Gasteiger partial charge < -0.3 is 10.8 Å². The molecule has 164 valence electrons. The number of hydrogen-bond donors (Lipinski definition) is 2. The molecule has 0 aliphatic rings. The molecular formula is C24H25FN6O. The molecule has 32 heavy (non-hydrogen) atoms. The van der Waals surface area contributed by atoms with Crippen molar-refractivity contribution in [2.75, 3.05) is 5.73 Å². The van der Waals surface area contributed by atoms with E-state index in [1.165, 1.54) is 0 Å². The van der Waals surface area contributed by atoms with Crippen LogP contribution in [0.3, 0.4) is 0 Å². The lowest BCUT2D eigenvalue weighted by atomic mass is 9.99. The lowest BCUT2D eigenvalue weighted by molar-refractivity contribution is 0.0736. The van der Waals surface area contributed by atoms with E-state index >= 15 is 0 Å². The molecule has 0 aliphatic carbocycles. The Balaban J connectivity index is 1.69. The van der Waals surface area contributed by atoms with E-state index in [1.807, 2.05) is 44.2 Å². The highest BCUT2D eigenvalue weighted by Gasteiger charge is 2.19. The molecule has 0 unspecified atom stereocenters. The van der Waals surface area contributed by atoms with Gasteiger partial charge in [0.05, 0.1) is 29.8 Å². The van der Waals surface area contributed by atoms with E-state index < -0.39 is 11.4 Å². The molecule has 3 heterocycles. The number of nitrogen functional groups attached to an aromatic ring is 1. The SMILES string of the molecule is Cc1cccc(-c2cc(-c3cn(Cc4cccc(C(C)(C)O)n4)nn3)c(F)c(N)n2)c1C. The number of aryl methyl sites for hydroxylation is 1. The van der Waals surface area contributed by atoms with Crippen LogP contribution in [0.2, 0.25) is 0 Å². The summed E-state index contributed by atoms with van der Waals surface area (Å²) >= 11 is 0. The smallest absolute Gasteiger partial charge is 0.174 e. The minimum Gasteiger partial charge on any atom is -0.384 e. The van der Waals surface area contributed by atoms with E-state index in [0.717, 1.165) is 16.7 Å². The number of hydrogen-bond acceptors (Lipinski definition) is 6. The zero-order valence-corrected chi connectivity index (χ0v) is 18.5. The van der Waals surface area contributed by atoms with Crippen LogP contribution in [0.15, 0.2) is 48.7 Å². The largest absolute Gasteiger partial charge is 0.384 e. The average Bonchev–Trinajstić information content (AvgIpc) is 3.20. The number of pyridine rings is 2. The fourth-order valence-electron chi connectivity index (χ4n) is 3.48. The van der Waals surface area contributed by atoms with Crippen LogP contribution < -0.4 is 5.73 Å². The van der Waals surface area contributed by atoms with Crippen LogP contribution in [0.1, 0.15) is 36.4 Å². The van der Waals surface area contributed by atoms with Crippen LogP contribution >= 0.6 is 0 Å². The maximum Gasteiger partial charge on any atom is 0.174 e. The standard InChI is InChI=1S/C24H25FN6O/c1-14-7-5-9-17(15(14)2)19-11-18(22(25)23(26)28-19)20-13-31(30-29-20)12-16-8-6-10-21(27-16)24(3,4)32/h5-11,13,32H,12H2,1-4H3,(H2,26,28). The van der Waals surface area contributed by atoms with E-state index in [1.54, 1.807) is 36.9 Å². The van der Waals surface area contributed by atoms with Crippen LogP contribution in [-0.2, 0) is 12.1 Å². The third-order valence-corrected chi connectivity index (χ3v) is 5.44. The molecule has 0 spiro atoms. The van der Waals surface area contributed by atoms with Gasteiger partial charge in [-0.1, -0.05) is 29.5 Å². The maximum absolute atomic E-state index is 14.9. The van der Waals surface area contributed by atoms with Gasteiger partial charge in [0.1, 0.15) is 11.3 Å². The van der Waals surface area contributed by atoms with Crippen LogP contribution in [0.25, 0.3) is 22.5 Å². The van der Waals surface area contributed by atoms with Crippen LogP contribution in [0.5, 0.6) is 0 Å². The van der Waals surface area contributed by atoms with Crippen molar-refractivity contribution in [2.45, 2.75) is 39.8 Å². The highest BCUT2D eigenvalue weighted by atomic mass is 19.1. The Morgan fingerprint density at radius 3 is 2.53 bits per heavy atom. The number of aliphatic hydroxyl groups is 1. The van der Waals surface area contributed by atoms with Crippen LogP contribution in [-0.4, -0.2) is 30.1 Å². The molecule has 0 atom stereocenters. The van der Waals surface area contributed by atoms with Gasteiger partial charge in [0.15, 0.2) is 11.6 Å². The normalized spacial score (nSPS) is 11.7. The van der Waals surface area contributed by atoms with Crippen molar-refractivity contribution >= 4 is 5.82 Å². The first-order valence-corrected chi connectivity index (χ1v) is 10.3. The summed E-state index contributed by atoms with van der Waals surface area (Å²) in [6.07, 6.45) is 1.64. The molecular weight excluding hydrogens is 407 g/mol.